The lowest BCUT2D eigenvalue weighted by Gasteiger charge is -2.60. The quantitative estimate of drug-likeness (QED) is 0.814. The normalized spacial score (nSPS) is 43.1. The van der Waals surface area contributed by atoms with Crippen molar-refractivity contribution in [2.24, 2.45) is 0 Å². The molecule has 4 saturated heterocycles. The molecule has 5 rings (SSSR count). The van der Waals surface area contributed by atoms with Crippen LogP contribution in [0.4, 0.5) is 0 Å². The molecule has 1 N–H and O–H groups in total. The Morgan fingerprint density at radius 3 is 2.33 bits per heavy atom. The molecule has 1 aromatic rings. The highest BCUT2D eigenvalue weighted by molar-refractivity contribution is 7.58. The van der Waals surface area contributed by atoms with Crippen LogP contribution in [0.2, 0.25) is 0 Å². The zero-order chi connectivity index (χ0) is 12.1. The summed E-state index contributed by atoms with van der Waals surface area (Å²) >= 11 is 0. The maximum atomic E-state index is 10.7. The molecule has 4 fully saturated rings. The van der Waals surface area contributed by atoms with E-state index in [9.17, 15) is 5.11 Å². The minimum atomic E-state index is -0.320. The number of aliphatic hydroxyl groups excluding tert-OH is 1. The van der Waals surface area contributed by atoms with E-state index in [1.165, 1.54) is 12.6 Å². The molecular weight excluding hydrogens is 245 g/mol. The number of hydrogen-bond donors (Lipinski definition) is 1. The van der Waals surface area contributed by atoms with E-state index in [0.29, 0.717) is 5.78 Å². The molecule has 4 bridgehead atoms. The van der Waals surface area contributed by atoms with Gasteiger partial charge in [-0.3, -0.25) is 14.7 Å². The van der Waals surface area contributed by atoms with E-state index in [1.54, 1.807) is 0 Å². The van der Waals surface area contributed by atoms with Gasteiger partial charge in [0.2, 0.25) is 0 Å². The van der Waals surface area contributed by atoms with Crippen molar-refractivity contribution in [1.82, 2.24) is 14.7 Å². The molecule has 0 radical (unpaired) electrons. The second kappa shape index (κ2) is 4.26. The Morgan fingerprint density at radius 2 is 1.72 bits per heavy atom. The molecular formula is C13H18N3OP. The van der Waals surface area contributed by atoms with Gasteiger partial charge in [-0.1, -0.05) is 38.3 Å². The smallest absolute Gasteiger partial charge is 0.0986 e. The Labute approximate surface area is 109 Å². The summed E-state index contributed by atoms with van der Waals surface area (Å²) in [6.07, 6.45) is 2.09. The molecule has 0 amide bonds. The van der Waals surface area contributed by atoms with Crippen LogP contribution in [0.1, 0.15) is 11.7 Å². The van der Waals surface area contributed by atoms with Gasteiger partial charge in [-0.25, -0.2) is 0 Å². The van der Waals surface area contributed by atoms with Crippen LogP contribution in [0.5, 0.6) is 0 Å². The minimum Gasteiger partial charge on any atom is -0.386 e. The monoisotopic (exact) mass is 263 g/mol. The van der Waals surface area contributed by atoms with Gasteiger partial charge in [0.15, 0.2) is 0 Å². The molecule has 4 nitrogen and oxygen atoms in total. The summed E-state index contributed by atoms with van der Waals surface area (Å²) in [5.74, 6) is 0.357. The zero-order valence-corrected chi connectivity index (χ0v) is 11.2. The van der Waals surface area contributed by atoms with Crippen LogP contribution in [-0.4, -0.2) is 58.2 Å². The summed E-state index contributed by atoms with van der Waals surface area (Å²) in [6, 6.07) is 10.1. The third-order valence-electron chi connectivity index (χ3n) is 4.10. The van der Waals surface area contributed by atoms with Gasteiger partial charge in [-0.2, -0.15) is 0 Å². The predicted octanol–water partition coefficient (Wildman–Crippen LogP) is 1.26. The van der Waals surface area contributed by atoms with E-state index < -0.39 is 0 Å². The predicted molar refractivity (Wildman–Crippen MR) is 72.0 cm³/mol. The number of nitrogens with zero attached hydrogens (tertiary/aromatic N) is 3. The van der Waals surface area contributed by atoms with Crippen molar-refractivity contribution in [2.45, 2.75) is 11.9 Å². The van der Waals surface area contributed by atoms with Crippen LogP contribution < -0.4 is 0 Å². The molecule has 4 atom stereocenters. The van der Waals surface area contributed by atoms with Crippen LogP contribution in [-0.2, 0) is 0 Å². The molecule has 18 heavy (non-hydrogen) atoms. The first kappa shape index (κ1) is 11.3. The molecule has 5 heteroatoms. The molecule has 96 valence electrons. The largest absolute Gasteiger partial charge is 0.386 e. The van der Waals surface area contributed by atoms with E-state index in [1.807, 2.05) is 30.3 Å². The van der Waals surface area contributed by atoms with Crippen molar-refractivity contribution >= 4 is 7.92 Å². The number of benzene rings is 1. The molecule has 0 aliphatic carbocycles. The van der Waals surface area contributed by atoms with E-state index in [2.05, 4.69) is 14.7 Å². The molecule has 2 unspecified atom stereocenters. The molecule has 0 spiro atoms. The van der Waals surface area contributed by atoms with E-state index in [4.69, 9.17) is 0 Å². The van der Waals surface area contributed by atoms with Gasteiger partial charge < -0.3 is 5.11 Å². The summed E-state index contributed by atoms with van der Waals surface area (Å²) in [5, 5.41) is 10.7. The van der Waals surface area contributed by atoms with Gasteiger partial charge >= 0.3 is 0 Å². The fourth-order valence-electron chi connectivity index (χ4n) is 3.46. The van der Waals surface area contributed by atoms with E-state index in [-0.39, 0.29) is 14.0 Å². The van der Waals surface area contributed by atoms with Gasteiger partial charge in [-0.05, 0) is 5.56 Å². The van der Waals surface area contributed by atoms with Gasteiger partial charge in [0.25, 0.3) is 0 Å². The topological polar surface area (TPSA) is 30.0 Å². The van der Waals surface area contributed by atoms with Gasteiger partial charge in [-0.15, -0.1) is 0 Å². The number of aliphatic hydroxyl groups is 1. The molecule has 1 aromatic carbocycles. The van der Waals surface area contributed by atoms with Crippen LogP contribution >= 0.6 is 7.92 Å². The van der Waals surface area contributed by atoms with Crippen molar-refractivity contribution in [3.8, 4) is 0 Å². The van der Waals surface area contributed by atoms with Crippen LogP contribution in [0.25, 0.3) is 0 Å². The molecule has 0 saturated carbocycles. The Balaban J connectivity index is 1.61. The average molecular weight is 263 g/mol. The fourth-order valence-corrected chi connectivity index (χ4v) is 6.44. The second-order valence-corrected chi connectivity index (χ2v) is 7.77. The van der Waals surface area contributed by atoms with Gasteiger partial charge in [0.05, 0.1) is 31.9 Å². The standard InChI is InChI=1S/C13H18N3OP/c17-12(11-4-2-1-3-5-11)13-16-7-14-6-15(8-16)10-18(13)9-14/h1-5,12-13,17H,6-10H2/t12-,13+/m0/s1. The maximum absolute atomic E-state index is 10.7. The highest BCUT2D eigenvalue weighted by atomic mass is 31.1. The lowest BCUT2D eigenvalue weighted by molar-refractivity contribution is -0.0708. The van der Waals surface area contributed by atoms with E-state index in [0.717, 1.165) is 25.6 Å². The first-order chi connectivity index (χ1) is 8.81. The Hall–Kier alpha value is -0.510. The maximum Gasteiger partial charge on any atom is 0.0986 e. The molecule has 4 heterocycles. The van der Waals surface area contributed by atoms with Crippen LogP contribution in [0.15, 0.2) is 30.3 Å². The van der Waals surface area contributed by atoms with E-state index >= 15 is 0 Å². The third kappa shape index (κ3) is 1.72. The van der Waals surface area contributed by atoms with Crippen molar-refractivity contribution in [3.63, 3.8) is 0 Å². The Kier molecular flexibility index (Phi) is 2.68. The van der Waals surface area contributed by atoms with Crippen molar-refractivity contribution < 1.29 is 5.11 Å². The second-order valence-electron chi connectivity index (χ2n) is 5.50. The number of hydrogen-bond acceptors (Lipinski definition) is 4. The first-order valence-electron chi connectivity index (χ1n) is 6.47. The van der Waals surface area contributed by atoms with Crippen molar-refractivity contribution in [3.05, 3.63) is 35.9 Å². The SMILES string of the molecule is O[C@@H](c1ccccc1)[C@@H]1N2CN3CN(C2)CP1C3. The highest BCUT2D eigenvalue weighted by Crippen LogP contribution is 2.56. The molecule has 0 aromatic heterocycles. The van der Waals surface area contributed by atoms with Gasteiger partial charge in [0, 0.05) is 12.6 Å². The molecule has 4 aliphatic heterocycles. The fraction of sp³-hybridized carbons (Fsp3) is 0.538. The summed E-state index contributed by atoms with van der Waals surface area (Å²) in [6.45, 7) is 3.19. The number of rotatable bonds is 2. The van der Waals surface area contributed by atoms with Crippen LogP contribution in [0, 0.1) is 0 Å². The zero-order valence-electron chi connectivity index (χ0n) is 10.3. The van der Waals surface area contributed by atoms with Crippen LogP contribution in [0.3, 0.4) is 0 Å². The summed E-state index contributed by atoms with van der Waals surface area (Å²) < 4.78 is 0. The lowest BCUT2D eigenvalue weighted by Crippen LogP contribution is -2.66. The Morgan fingerprint density at radius 1 is 1.06 bits per heavy atom. The highest BCUT2D eigenvalue weighted by Gasteiger charge is 2.47. The minimum absolute atomic E-state index is 0.110. The van der Waals surface area contributed by atoms with Gasteiger partial charge in [0.1, 0.15) is 0 Å². The lowest BCUT2D eigenvalue weighted by atomic mass is 10.1. The summed E-state index contributed by atoms with van der Waals surface area (Å²) in [5.41, 5.74) is 1.07. The van der Waals surface area contributed by atoms with Crippen molar-refractivity contribution in [2.75, 3.05) is 32.6 Å². The first-order valence-corrected chi connectivity index (χ1v) is 8.25. The summed E-state index contributed by atoms with van der Waals surface area (Å²) in [4.78, 5) is 7.47. The van der Waals surface area contributed by atoms with Crippen molar-refractivity contribution in [1.29, 1.82) is 0 Å². The third-order valence-corrected chi connectivity index (χ3v) is 6.98. The Bertz CT molecular complexity index is 413. The summed E-state index contributed by atoms with van der Waals surface area (Å²) in [7, 11) is -0.110. The average Bonchev–Trinajstić information content (AvgIpc) is 2.38. The molecule has 4 aliphatic rings.